The topological polar surface area (TPSA) is 61.4 Å². The molecule has 6 nitrogen and oxygen atoms in total. The van der Waals surface area contributed by atoms with Gasteiger partial charge in [-0.1, -0.05) is 0 Å². The molecule has 7 heteroatoms. The lowest BCUT2D eigenvalue weighted by molar-refractivity contribution is 0.0497. The van der Waals surface area contributed by atoms with E-state index in [1.165, 1.54) is 0 Å². The second-order valence-electron chi connectivity index (χ2n) is 4.86. The lowest BCUT2D eigenvalue weighted by Crippen LogP contribution is -2.10. The van der Waals surface area contributed by atoms with Crippen LogP contribution in [-0.4, -0.2) is 31.7 Å². The highest BCUT2D eigenvalue weighted by Gasteiger charge is 2.15. The first kappa shape index (κ1) is 14.8. The Balaban J connectivity index is 1.62. The zero-order valence-electron chi connectivity index (χ0n) is 12.1. The molecule has 0 N–H and O–H groups in total. The molecular formula is C15H15BrN4O2. The van der Waals surface area contributed by atoms with E-state index < -0.39 is 0 Å². The third-order valence-corrected chi connectivity index (χ3v) is 4.00. The third-order valence-electron chi connectivity index (χ3n) is 3.42. The van der Waals surface area contributed by atoms with Gasteiger partial charge in [0.05, 0.1) is 28.4 Å². The maximum atomic E-state index is 12.2. The number of carbonyl (C=O) groups is 1. The molecule has 3 heterocycles. The number of aryl methyl sites for hydroxylation is 2. The predicted octanol–water partition coefficient (Wildman–Crippen LogP) is 2.85. The molecule has 114 valence electrons. The minimum Gasteiger partial charge on any atom is -0.462 e. The highest BCUT2D eigenvalue weighted by Crippen LogP contribution is 2.21. The summed E-state index contributed by atoms with van der Waals surface area (Å²) in [6.07, 6.45) is 7.87. The average Bonchev–Trinajstić information content (AvgIpc) is 3.10. The molecule has 0 fully saturated rings. The van der Waals surface area contributed by atoms with Crippen molar-refractivity contribution < 1.29 is 9.53 Å². The number of halogens is 1. The van der Waals surface area contributed by atoms with E-state index in [1.807, 2.05) is 17.7 Å². The van der Waals surface area contributed by atoms with Crippen molar-refractivity contribution in [1.29, 1.82) is 0 Å². The fourth-order valence-corrected chi connectivity index (χ4v) is 2.78. The van der Waals surface area contributed by atoms with Crippen LogP contribution in [0.3, 0.4) is 0 Å². The minimum atomic E-state index is -0.339. The summed E-state index contributed by atoms with van der Waals surface area (Å²) >= 11 is 3.40. The van der Waals surface area contributed by atoms with Crippen molar-refractivity contribution in [1.82, 2.24) is 19.2 Å². The zero-order chi connectivity index (χ0) is 15.5. The van der Waals surface area contributed by atoms with Gasteiger partial charge in [-0.3, -0.25) is 0 Å². The standard InChI is InChI=1S/C15H15BrN4O2/c1-11-17-5-8-19(11)6-3-9-22-15(21)12-4-2-7-20-14(12)13(16)10-18-20/h2,4-5,7-8,10H,3,6,9H2,1H3. The van der Waals surface area contributed by atoms with Crippen molar-refractivity contribution in [3.8, 4) is 0 Å². The number of esters is 1. The molecule has 22 heavy (non-hydrogen) atoms. The van der Waals surface area contributed by atoms with Crippen LogP contribution in [0.1, 0.15) is 22.6 Å². The summed E-state index contributed by atoms with van der Waals surface area (Å²) < 4.78 is 9.81. The molecule has 0 bridgehead atoms. The Morgan fingerprint density at radius 2 is 2.27 bits per heavy atom. The molecule has 3 rings (SSSR count). The van der Waals surface area contributed by atoms with Crippen molar-refractivity contribution in [2.45, 2.75) is 19.9 Å². The number of hydrogen-bond acceptors (Lipinski definition) is 4. The first-order valence-corrected chi connectivity index (χ1v) is 7.73. The number of imidazole rings is 1. The number of rotatable bonds is 5. The molecule has 0 aromatic carbocycles. The van der Waals surface area contributed by atoms with E-state index in [0.29, 0.717) is 12.2 Å². The molecule has 3 aromatic rings. The van der Waals surface area contributed by atoms with Gasteiger partial charge in [0, 0.05) is 25.1 Å². The smallest absolute Gasteiger partial charge is 0.340 e. The second kappa shape index (κ2) is 6.31. The van der Waals surface area contributed by atoms with E-state index in [-0.39, 0.29) is 5.97 Å². The maximum absolute atomic E-state index is 12.2. The van der Waals surface area contributed by atoms with Crippen LogP contribution in [0.5, 0.6) is 0 Å². The minimum absolute atomic E-state index is 0.339. The van der Waals surface area contributed by atoms with Gasteiger partial charge in [-0.2, -0.15) is 5.10 Å². The molecule has 0 unspecified atom stereocenters. The van der Waals surface area contributed by atoms with Crippen molar-refractivity contribution in [3.05, 3.63) is 52.8 Å². The van der Waals surface area contributed by atoms with Gasteiger partial charge in [0.2, 0.25) is 0 Å². The first-order chi connectivity index (χ1) is 10.7. The van der Waals surface area contributed by atoms with Gasteiger partial charge >= 0.3 is 5.97 Å². The molecule has 0 amide bonds. The summed E-state index contributed by atoms with van der Waals surface area (Å²) in [6, 6.07) is 3.52. The molecule has 3 aromatic heterocycles. The number of fused-ring (bicyclic) bond motifs is 1. The number of nitrogens with zero attached hydrogens (tertiary/aromatic N) is 4. The zero-order valence-corrected chi connectivity index (χ0v) is 13.7. The summed E-state index contributed by atoms with van der Waals surface area (Å²) in [5.74, 6) is 0.619. The Morgan fingerprint density at radius 1 is 1.41 bits per heavy atom. The summed E-state index contributed by atoms with van der Waals surface area (Å²) in [5.41, 5.74) is 1.23. The lowest BCUT2D eigenvalue weighted by atomic mass is 10.2. The van der Waals surface area contributed by atoms with Gasteiger partial charge in [0.25, 0.3) is 0 Å². The number of carbonyl (C=O) groups excluding carboxylic acids is 1. The summed E-state index contributed by atoms with van der Waals surface area (Å²) in [4.78, 5) is 16.4. The number of ether oxygens (including phenoxy) is 1. The van der Waals surface area contributed by atoms with E-state index in [1.54, 1.807) is 35.2 Å². The van der Waals surface area contributed by atoms with Gasteiger partial charge in [0.1, 0.15) is 5.82 Å². The molecule has 0 spiro atoms. The van der Waals surface area contributed by atoms with Crippen LogP contribution in [0.2, 0.25) is 0 Å². The van der Waals surface area contributed by atoms with Gasteiger partial charge < -0.3 is 9.30 Å². The maximum Gasteiger partial charge on any atom is 0.340 e. The Bertz CT molecular complexity index is 809. The quantitative estimate of drug-likeness (QED) is 0.517. The SMILES string of the molecule is Cc1nccn1CCCOC(=O)c1cccn2ncc(Br)c12. The van der Waals surface area contributed by atoms with E-state index >= 15 is 0 Å². The van der Waals surface area contributed by atoms with E-state index in [0.717, 1.165) is 28.8 Å². The van der Waals surface area contributed by atoms with E-state index in [9.17, 15) is 4.79 Å². The molecule has 0 aliphatic carbocycles. The third kappa shape index (κ3) is 2.89. The highest BCUT2D eigenvalue weighted by molar-refractivity contribution is 9.10. The van der Waals surface area contributed by atoms with Crippen LogP contribution in [0.4, 0.5) is 0 Å². The van der Waals surface area contributed by atoms with Crippen LogP contribution < -0.4 is 0 Å². The van der Waals surface area contributed by atoms with Crippen LogP contribution in [-0.2, 0) is 11.3 Å². The van der Waals surface area contributed by atoms with Crippen LogP contribution in [0, 0.1) is 6.92 Å². The van der Waals surface area contributed by atoms with Crippen LogP contribution >= 0.6 is 15.9 Å². The van der Waals surface area contributed by atoms with Crippen molar-refractivity contribution >= 4 is 27.4 Å². The molecular weight excluding hydrogens is 348 g/mol. The lowest BCUT2D eigenvalue weighted by Gasteiger charge is -2.08. The fourth-order valence-electron chi connectivity index (χ4n) is 2.29. The van der Waals surface area contributed by atoms with Crippen molar-refractivity contribution in [2.75, 3.05) is 6.61 Å². The molecule has 0 aliphatic rings. The molecule has 0 saturated carbocycles. The Hall–Kier alpha value is -2.15. The molecule has 0 radical (unpaired) electrons. The van der Waals surface area contributed by atoms with Crippen molar-refractivity contribution in [3.63, 3.8) is 0 Å². The summed E-state index contributed by atoms with van der Waals surface area (Å²) in [7, 11) is 0. The van der Waals surface area contributed by atoms with E-state index in [2.05, 4.69) is 26.0 Å². The molecule has 0 aliphatic heterocycles. The average molecular weight is 363 g/mol. The first-order valence-electron chi connectivity index (χ1n) is 6.93. The normalized spacial score (nSPS) is 11.0. The monoisotopic (exact) mass is 362 g/mol. The predicted molar refractivity (Wildman–Crippen MR) is 84.8 cm³/mol. The summed E-state index contributed by atoms with van der Waals surface area (Å²) in [6.45, 7) is 3.09. The van der Waals surface area contributed by atoms with Gasteiger partial charge in [-0.05, 0) is 41.4 Å². The Kier molecular flexibility index (Phi) is 4.24. The molecule has 0 saturated heterocycles. The van der Waals surface area contributed by atoms with Gasteiger partial charge in [0.15, 0.2) is 0 Å². The molecule has 0 atom stereocenters. The Labute approximate surface area is 135 Å². The van der Waals surface area contributed by atoms with Crippen LogP contribution in [0.15, 0.2) is 41.4 Å². The second-order valence-corrected chi connectivity index (χ2v) is 5.72. The van der Waals surface area contributed by atoms with Crippen LogP contribution in [0.25, 0.3) is 5.52 Å². The highest BCUT2D eigenvalue weighted by atomic mass is 79.9. The number of aromatic nitrogens is 4. The number of hydrogen-bond donors (Lipinski definition) is 0. The summed E-state index contributed by atoms with van der Waals surface area (Å²) in [5, 5.41) is 4.15. The largest absolute Gasteiger partial charge is 0.462 e. The van der Waals surface area contributed by atoms with Gasteiger partial charge in [-0.25, -0.2) is 14.3 Å². The van der Waals surface area contributed by atoms with Crippen molar-refractivity contribution in [2.24, 2.45) is 0 Å². The van der Waals surface area contributed by atoms with E-state index in [4.69, 9.17) is 4.74 Å². The van der Waals surface area contributed by atoms with Gasteiger partial charge in [-0.15, -0.1) is 0 Å². The number of pyridine rings is 1. The fraction of sp³-hybridized carbons (Fsp3) is 0.267. The Morgan fingerprint density at radius 3 is 3.05 bits per heavy atom.